The lowest BCUT2D eigenvalue weighted by molar-refractivity contribution is 0.583. The van der Waals surface area contributed by atoms with E-state index in [0.29, 0.717) is 9.92 Å². The summed E-state index contributed by atoms with van der Waals surface area (Å²) in [6, 6.07) is 9.35. The summed E-state index contributed by atoms with van der Waals surface area (Å²) in [6.45, 7) is 5.92. The first-order valence-electron chi connectivity index (χ1n) is 6.39. The molecule has 108 valence electrons. The first-order chi connectivity index (χ1) is 9.21. The zero-order chi connectivity index (χ0) is 15.1. The minimum Gasteiger partial charge on any atom is -0.341 e. The highest BCUT2D eigenvalue weighted by molar-refractivity contribution is 7.90. The Bertz CT molecular complexity index is 728. The Kier molecular flexibility index (Phi) is 3.98. The van der Waals surface area contributed by atoms with Gasteiger partial charge in [-0.1, -0.05) is 23.7 Å². The number of hydrogen-bond acceptors (Lipinski definition) is 2. The van der Waals surface area contributed by atoms with Crippen LogP contribution >= 0.6 is 11.6 Å². The van der Waals surface area contributed by atoms with E-state index in [-0.39, 0.29) is 6.04 Å². The third-order valence-corrected chi connectivity index (χ3v) is 4.77. The van der Waals surface area contributed by atoms with E-state index in [0.717, 1.165) is 17.0 Å². The Balaban J connectivity index is 2.72. The summed E-state index contributed by atoms with van der Waals surface area (Å²) in [4.78, 5) is 0.385. The molecule has 5 heteroatoms. The minimum absolute atomic E-state index is 0.177. The van der Waals surface area contributed by atoms with Crippen molar-refractivity contribution in [1.82, 2.24) is 4.57 Å². The van der Waals surface area contributed by atoms with Gasteiger partial charge in [0.15, 0.2) is 9.84 Å². The number of nitrogens with zero attached hydrogens (tertiary/aromatic N) is 1. The van der Waals surface area contributed by atoms with Crippen LogP contribution in [0.3, 0.4) is 0 Å². The molecule has 0 fully saturated rings. The van der Waals surface area contributed by atoms with E-state index < -0.39 is 9.84 Å². The van der Waals surface area contributed by atoms with Crippen molar-refractivity contribution in [3.05, 3.63) is 41.0 Å². The van der Waals surface area contributed by atoms with E-state index >= 15 is 0 Å². The summed E-state index contributed by atoms with van der Waals surface area (Å²) in [7, 11) is -3.23. The normalized spacial score (nSPS) is 12.1. The molecule has 0 aliphatic carbocycles. The lowest BCUT2D eigenvalue weighted by Gasteiger charge is -2.16. The van der Waals surface area contributed by atoms with Crippen molar-refractivity contribution in [1.29, 1.82) is 0 Å². The zero-order valence-electron chi connectivity index (χ0n) is 12.0. The molecule has 0 aliphatic heterocycles. The van der Waals surface area contributed by atoms with Gasteiger partial charge in [-0.25, -0.2) is 8.42 Å². The number of hydrogen-bond donors (Lipinski definition) is 0. The Morgan fingerprint density at radius 1 is 1.15 bits per heavy atom. The highest BCUT2D eigenvalue weighted by Crippen LogP contribution is 2.32. The van der Waals surface area contributed by atoms with Gasteiger partial charge in [0.1, 0.15) is 0 Å². The van der Waals surface area contributed by atoms with Crippen molar-refractivity contribution in [3.8, 4) is 11.3 Å². The topological polar surface area (TPSA) is 39.1 Å². The Morgan fingerprint density at radius 2 is 1.70 bits per heavy atom. The van der Waals surface area contributed by atoms with Crippen molar-refractivity contribution < 1.29 is 8.42 Å². The van der Waals surface area contributed by atoms with Gasteiger partial charge in [-0.15, -0.1) is 0 Å². The van der Waals surface area contributed by atoms with Crippen LogP contribution in [0.1, 0.15) is 25.6 Å². The van der Waals surface area contributed by atoms with Crippen LogP contribution in [0.15, 0.2) is 35.2 Å². The molecule has 2 aromatic rings. The van der Waals surface area contributed by atoms with Gasteiger partial charge in [0.05, 0.1) is 4.90 Å². The summed E-state index contributed by atoms with van der Waals surface area (Å²) >= 11 is 5.91. The van der Waals surface area contributed by atoms with Gasteiger partial charge >= 0.3 is 0 Å². The van der Waals surface area contributed by atoms with Crippen molar-refractivity contribution in [2.45, 2.75) is 31.7 Å². The number of benzene rings is 1. The molecule has 1 aromatic carbocycles. The molecular formula is C15H18ClNO2S. The highest BCUT2D eigenvalue weighted by atomic mass is 35.5. The van der Waals surface area contributed by atoms with Crippen LogP contribution in [0, 0.1) is 6.92 Å². The van der Waals surface area contributed by atoms with Crippen LogP contribution in [0.2, 0.25) is 5.02 Å². The maximum atomic E-state index is 11.9. The maximum absolute atomic E-state index is 11.9. The van der Waals surface area contributed by atoms with E-state index in [2.05, 4.69) is 0 Å². The molecule has 20 heavy (non-hydrogen) atoms. The largest absolute Gasteiger partial charge is 0.341 e. The molecule has 0 spiro atoms. The van der Waals surface area contributed by atoms with E-state index in [1.807, 2.05) is 49.6 Å². The fraction of sp³-hybridized carbons (Fsp3) is 0.333. The van der Waals surface area contributed by atoms with Gasteiger partial charge in [0.25, 0.3) is 0 Å². The predicted molar refractivity (Wildman–Crippen MR) is 83.1 cm³/mol. The number of sulfone groups is 1. The smallest absolute Gasteiger partial charge is 0.177 e. The molecule has 0 saturated heterocycles. The molecule has 0 atom stereocenters. The third-order valence-electron chi connectivity index (χ3n) is 3.30. The van der Waals surface area contributed by atoms with Crippen LogP contribution in [0.5, 0.6) is 0 Å². The molecule has 1 heterocycles. The number of aromatic nitrogens is 1. The summed E-state index contributed by atoms with van der Waals surface area (Å²) < 4.78 is 25.8. The Labute approximate surface area is 125 Å². The van der Waals surface area contributed by atoms with Crippen molar-refractivity contribution >= 4 is 21.4 Å². The number of rotatable bonds is 3. The SMILES string of the molecule is Cc1c(S(C)(=O)=O)cc(-c2ccc(Cl)cc2)n1C(C)C. The molecule has 0 unspecified atom stereocenters. The molecule has 3 nitrogen and oxygen atoms in total. The van der Waals surface area contributed by atoms with Gasteiger partial charge in [0.2, 0.25) is 0 Å². The highest BCUT2D eigenvalue weighted by Gasteiger charge is 2.21. The van der Waals surface area contributed by atoms with Gasteiger partial charge in [-0.05, 0) is 44.5 Å². The number of halogens is 1. The molecule has 2 rings (SSSR count). The molecule has 0 amide bonds. The standard InChI is InChI=1S/C15H18ClNO2S/c1-10(2)17-11(3)15(20(4,18)19)9-14(17)12-5-7-13(16)8-6-12/h5-10H,1-4H3. The quantitative estimate of drug-likeness (QED) is 0.856. The second-order valence-corrected chi connectivity index (χ2v) is 7.64. The molecule has 0 radical (unpaired) electrons. The van der Waals surface area contributed by atoms with Gasteiger partial charge < -0.3 is 4.57 Å². The van der Waals surface area contributed by atoms with Gasteiger partial charge in [-0.3, -0.25) is 0 Å². The van der Waals surface area contributed by atoms with Crippen LogP contribution in [0.25, 0.3) is 11.3 Å². The second kappa shape index (κ2) is 5.26. The second-order valence-electron chi connectivity index (χ2n) is 5.22. The summed E-state index contributed by atoms with van der Waals surface area (Å²) in [5.41, 5.74) is 2.63. The summed E-state index contributed by atoms with van der Waals surface area (Å²) in [5, 5.41) is 0.663. The van der Waals surface area contributed by atoms with Gasteiger partial charge in [0, 0.05) is 28.7 Å². The molecular weight excluding hydrogens is 294 g/mol. The van der Waals surface area contributed by atoms with E-state index in [9.17, 15) is 8.42 Å². The lowest BCUT2D eigenvalue weighted by atomic mass is 10.1. The molecule has 0 N–H and O–H groups in total. The van der Waals surface area contributed by atoms with Crippen molar-refractivity contribution in [3.63, 3.8) is 0 Å². The van der Waals surface area contributed by atoms with E-state index in [1.54, 1.807) is 6.07 Å². The molecule has 1 aromatic heterocycles. The van der Waals surface area contributed by atoms with Gasteiger partial charge in [-0.2, -0.15) is 0 Å². The zero-order valence-corrected chi connectivity index (χ0v) is 13.6. The third kappa shape index (κ3) is 2.76. The average Bonchev–Trinajstić information content (AvgIpc) is 2.67. The summed E-state index contributed by atoms with van der Waals surface area (Å²) in [6.07, 6.45) is 1.24. The fourth-order valence-electron chi connectivity index (χ4n) is 2.48. The van der Waals surface area contributed by atoms with Crippen LogP contribution in [-0.4, -0.2) is 19.2 Å². The monoisotopic (exact) mass is 311 g/mol. The van der Waals surface area contributed by atoms with E-state index in [1.165, 1.54) is 6.26 Å². The van der Waals surface area contributed by atoms with Crippen LogP contribution < -0.4 is 0 Å². The molecule has 0 aliphatic rings. The Hall–Kier alpha value is -1.26. The van der Waals surface area contributed by atoms with Crippen LogP contribution in [0.4, 0.5) is 0 Å². The summed E-state index contributed by atoms with van der Waals surface area (Å²) in [5.74, 6) is 0. The average molecular weight is 312 g/mol. The van der Waals surface area contributed by atoms with E-state index in [4.69, 9.17) is 11.6 Å². The lowest BCUT2D eigenvalue weighted by Crippen LogP contribution is -2.06. The molecule has 0 bridgehead atoms. The van der Waals surface area contributed by atoms with Crippen molar-refractivity contribution in [2.24, 2.45) is 0 Å². The maximum Gasteiger partial charge on any atom is 0.177 e. The van der Waals surface area contributed by atoms with Crippen LogP contribution in [-0.2, 0) is 9.84 Å². The predicted octanol–water partition coefficient (Wildman–Crippen LogP) is 4.10. The minimum atomic E-state index is -3.23. The first-order valence-corrected chi connectivity index (χ1v) is 8.66. The first kappa shape index (κ1) is 15.1. The van der Waals surface area contributed by atoms with Crippen molar-refractivity contribution in [2.75, 3.05) is 6.26 Å². The molecule has 0 saturated carbocycles. The fourth-order valence-corrected chi connectivity index (χ4v) is 3.57. The Morgan fingerprint density at radius 3 is 2.15 bits per heavy atom.